The molecule has 3 heteroatoms. The second-order valence-corrected chi connectivity index (χ2v) is 3.00. The zero-order valence-corrected chi connectivity index (χ0v) is 7.70. The first kappa shape index (κ1) is 9.00. The second-order valence-electron chi connectivity index (χ2n) is 3.00. The van der Waals surface area contributed by atoms with Crippen LogP contribution in [0.4, 0.5) is 5.82 Å². The Morgan fingerprint density at radius 2 is 2.08 bits per heavy atom. The Morgan fingerprint density at radius 1 is 1.42 bits per heavy atom. The van der Waals surface area contributed by atoms with Crippen molar-refractivity contribution in [2.45, 2.75) is 13.5 Å². The van der Waals surface area contributed by atoms with Crippen LogP contribution in [0.5, 0.6) is 0 Å². The predicted molar refractivity (Wildman–Crippen MR) is 49.2 cm³/mol. The summed E-state index contributed by atoms with van der Waals surface area (Å²) in [5, 5.41) is 8.85. The van der Waals surface area contributed by atoms with Crippen molar-refractivity contribution in [1.29, 1.82) is 0 Å². The van der Waals surface area contributed by atoms with Gasteiger partial charge in [0.05, 0.1) is 12.3 Å². The molecule has 1 aromatic rings. The summed E-state index contributed by atoms with van der Waals surface area (Å²) >= 11 is 0. The van der Waals surface area contributed by atoms with Crippen LogP contribution in [0.1, 0.15) is 11.3 Å². The zero-order chi connectivity index (χ0) is 9.14. The van der Waals surface area contributed by atoms with Crippen LogP contribution in [0, 0.1) is 6.92 Å². The maximum atomic E-state index is 8.85. The summed E-state index contributed by atoms with van der Waals surface area (Å²) in [6.45, 7) is 2.00. The van der Waals surface area contributed by atoms with E-state index in [-0.39, 0.29) is 6.61 Å². The van der Waals surface area contributed by atoms with Gasteiger partial charge in [-0.15, -0.1) is 0 Å². The third kappa shape index (κ3) is 1.74. The summed E-state index contributed by atoms with van der Waals surface area (Å²) in [4.78, 5) is 6.21. The highest BCUT2D eigenvalue weighted by Gasteiger charge is 2.02. The molecule has 0 saturated heterocycles. The number of hydrogen-bond acceptors (Lipinski definition) is 3. The van der Waals surface area contributed by atoms with Gasteiger partial charge in [-0.2, -0.15) is 0 Å². The van der Waals surface area contributed by atoms with Crippen LogP contribution in [0.25, 0.3) is 0 Å². The molecule has 0 atom stereocenters. The lowest BCUT2D eigenvalue weighted by atomic mass is 10.2. The molecule has 0 spiro atoms. The van der Waals surface area contributed by atoms with Gasteiger partial charge in [-0.3, -0.25) is 0 Å². The molecule has 0 unspecified atom stereocenters. The fourth-order valence-electron chi connectivity index (χ4n) is 1.10. The first-order chi connectivity index (χ1) is 5.65. The number of pyridine rings is 1. The quantitative estimate of drug-likeness (QED) is 0.710. The van der Waals surface area contributed by atoms with E-state index in [0.29, 0.717) is 5.69 Å². The van der Waals surface area contributed by atoms with E-state index in [0.717, 1.165) is 11.4 Å². The molecule has 1 heterocycles. The Labute approximate surface area is 72.7 Å². The number of rotatable bonds is 2. The van der Waals surface area contributed by atoms with E-state index in [1.54, 1.807) is 0 Å². The Kier molecular flexibility index (Phi) is 2.65. The molecule has 0 aliphatic rings. The monoisotopic (exact) mass is 166 g/mol. The molecule has 0 radical (unpaired) electrons. The van der Waals surface area contributed by atoms with E-state index >= 15 is 0 Å². The minimum Gasteiger partial charge on any atom is -0.390 e. The van der Waals surface area contributed by atoms with Gasteiger partial charge in [0.25, 0.3) is 0 Å². The molecule has 0 fully saturated rings. The third-order valence-corrected chi connectivity index (χ3v) is 1.71. The van der Waals surface area contributed by atoms with Crippen molar-refractivity contribution in [3.8, 4) is 0 Å². The van der Waals surface area contributed by atoms with Crippen LogP contribution >= 0.6 is 0 Å². The van der Waals surface area contributed by atoms with Gasteiger partial charge >= 0.3 is 0 Å². The summed E-state index contributed by atoms with van der Waals surface area (Å²) in [6, 6.07) is 3.80. The molecule has 0 saturated carbocycles. The summed E-state index contributed by atoms with van der Waals surface area (Å²) < 4.78 is 0. The van der Waals surface area contributed by atoms with Crippen LogP contribution in [0.15, 0.2) is 12.1 Å². The van der Waals surface area contributed by atoms with Crippen molar-refractivity contribution in [3.05, 3.63) is 23.4 Å². The van der Waals surface area contributed by atoms with Gasteiger partial charge in [-0.1, -0.05) is 6.07 Å². The number of anilines is 1. The molecule has 3 nitrogen and oxygen atoms in total. The van der Waals surface area contributed by atoms with E-state index in [1.165, 1.54) is 0 Å². The van der Waals surface area contributed by atoms with Gasteiger partial charge in [-0.25, -0.2) is 4.98 Å². The predicted octanol–water partition coefficient (Wildman–Crippen LogP) is 0.948. The standard InChI is InChI=1S/C9H14N2O/c1-7-4-5-8(6-12)10-9(7)11(2)3/h4-5,12H,6H2,1-3H3. The SMILES string of the molecule is Cc1ccc(CO)nc1N(C)C. The highest BCUT2D eigenvalue weighted by molar-refractivity contribution is 5.45. The summed E-state index contributed by atoms with van der Waals surface area (Å²) in [6.07, 6.45) is 0. The molecule has 12 heavy (non-hydrogen) atoms. The van der Waals surface area contributed by atoms with Crippen LogP contribution in [0.3, 0.4) is 0 Å². The van der Waals surface area contributed by atoms with Crippen LogP contribution in [-0.4, -0.2) is 24.2 Å². The minimum atomic E-state index is 0.00111. The molecule has 0 amide bonds. The lowest BCUT2D eigenvalue weighted by Crippen LogP contribution is -2.13. The number of nitrogens with zero attached hydrogens (tertiary/aromatic N) is 2. The normalized spacial score (nSPS) is 10.0. The largest absolute Gasteiger partial charge is 0.390 e. The van der Waals surface area contributed by atoms with Crippen molar-refractivity contribution in [1.82, 2.24) is 4.98 Å². The van der Waals surface area contributed by atoms with Gasteiger partial charge in [0, 0.05) is 14.1 Å². The van der Waals surface area contributed by atoms with E-state index < -0.39 is 0 Å². The number of aromatic nitrogens is 1. The molecular weight excluding hydrogens is 152 g/mol. The lowest BCUT2D eigenvalue weighted by molar-refractivity contribution is 0.277. The Bertz CT molecular complexity index is 271. The average molecular weight is 166 g/mol. The number of aliphatic hydroxyl groups is 1. The van der Waals surface area contributed by atoms with Gasteiger partial charge in [0.15, 0.2) is 0 Å². The van der Waals surface area contributed by atoms with Crippen molar-refractivity contribution in [3.63, 3.8) is 0 Å². The molecule has 0 aromatic carbocycles. The summed E-state index contributed by atoms with van der Waals surface area (Å²) in [5.41, 5.74) is 1.83. The Morgan fingerprint density at radius 3 is 2.58 bits per heavy atom. The van der Waals surface area contributed by atoms with E-state index in [2.05, 4.69) is 4.98 Å². The van der Waals surface area contributed by atoms with Gasteiger partial charge < -0.3 is 10.0 Å². The Hall–Kier alpha value is -1.09. The average Bonchev–Trinajstić information content (AvgIpc) is 2.05. The van der Waals surface area contributed by atoms with Crippen LogP contribution in [0.2, 0.25) is 0 Å². The van der Waals surface area contributed by atoms with E-state index in [1.807, 2.05) is 38.1 Å². The zero-order valence-electron chi connectivity index (χ0n) is 7.70. The smallest absolute Gasteiger partial charge is 0.131 e. The number of aliphatic hydroxyl groups excluding tert-OH is 1. The second kappa shape index (κ2) is 3.54. The topological polar surface area (TPSA) is 36.4 Å². The maximum absolute atomic E-state index is 8.85. The highest BCUT2D eigenvalue weighted by atomic mass is 16.3. The van der Waals surface area contributed by atoms with E-state index in [9.17, 15) is 0 Å². The fourth-order valence-corrected chi connectivity index (χ4v) is 1.10. The Balaban J connectivity index is 3.08. The highest BCUT2D eigenvalue weighted by Crippen LogP contribution is 2.14. The van der Waals surface area contributed by atoms with Crippen molar-refractivity contribution in [2.75, 3.05) is 19.0 Å². The molecular formula is C9H14N2O. The van der Waals surface area contributed by atoms with Crippen LogP contribution in [-0.2, 0) is 6.61 Å². The maximum Gasteiger partial charge on any atom is 0.131 e. The molecule has 1 N–H and O–H groups in total. The first-order valence-electron chi connectivity index (χ1n) is 3.90. The fraction of sp³-hybridized carbons (Fsp3) is 0.444. The van der Waals surface area contributed by atoms with E-state index in [4.69, 9.17) is 5.11 Å². The minimum absolute atomic E-state index is 0.00111. The van der Waals surface area contributed by atoms with Crippen LogP contribution < -0.4 is 4.90 Å². The molecule has 0 aliphatic heterocycles. The molecule has 0 aliphatic carbocycles. The third-order valence-electron chi connectivity index (χ3n) is 1.71. The first-order valence-corrected chi connectivity index (χ1v) is 3.90. The van der Waals surface area contributed by atoms with Crippen molar-refractivity contribution in [2.24, 2.45) is 0 Å². The summed E-state index contributed by atoms with van der Waals surface area (Å²) in [7, 11) is 3.88. The molecule has 66 valence electrons. The molecule has 1 rings (SSSR count). The van der Waals surface area contributed by atoms with Crippen molar-refractivity contribution >= 4 is 5.82 Å². The number of aryl methyl sites for hydroxylation is 1. The molecule has 1 aromatic heterocycles. The number of hydrogen-bond donors (Lipinski definition) is 1. The van der Waals surface area contributed by atoms with Gasteiger partial charge in [0.2, 0.25) is 0 Å². The van der Waals surface area contributed by atoms with Gasteiger partial charge in [0.1, 0.15) is 5.82 Å². The summed E-state index contributed by atoms with van der Waals surface area (Å²) in [5.74, 6) is 0.918. The van der Waals surface area contributed by atoms with Crippen molar-refractivity contribution < 1.29 is 5.11 Å². The molecule has 0 bridgehead atoms. The lowest BCUT2D eigenvalue weighted by Gasteiger charge is -2.14. The van der Waals surface area contributed by atoms with Gasteiger partial charge in [-0.05, 0) is 18.6 Å².